The van der Waals surface area contributed by atoms with Gasteiger partial charge in [-0.15, -0.1) is 10.2 Å². The molecule has 0 unspecified atom stereocenters. The van der Waals surface area contributed by atoms with Crippen LogP contribution >= 0.6 is 11.8 Å². The summed E-state index contributed by atoms with van der Waals surface area (Å²) in [5.74, 6) is 2.20. The molecule has 5 rings (SSSR count). The molecule has 2 aromatic heterocycles. The summed E-state index contributed by atoms with van der Waals surface area (Å²) in [6, 6.07) is 5.79. The van der Waals surface area contributed by atoms with Gasteiger partial charge in [0.15, 0.2) is 17.3 Å². The minimum Gasteiger partial charge on any atom is -0.440 e. The predicted octanol–water partition coefficient (Wildman–Crippen LogP) is 4.94. The van der Waals surface area contributed by atoms with Gasteiger partial charge in [-0.2, -0.15) is 13.2 Å². The number of benzene rings is 1. The third-order valence-electron chi connectivity index (χ3n) is 7.19. The molecule has 2 fully saturated rings. The molecule has 3 heterocycles. The highest BCUT2D eigenvalue weighted by molar-refractivity contribution is 7.99. The van der Waals surface area contributed by atoms with Crippen molar-refractivity contribution in [3.63, 3.8) is 0 Å². The largest absolute Gasteiger partial charge is 0.440 e. The van der Waals surface area contributed by atoms with Gasteiger partial charge in [0, 0.05) is 31.3 Å². The second kappa shape index (κ2) is 7.87. The van der Waals surface area contributed by atoms with Crippen molar-refractivity contribution >= 4 is 11.8 Å². The molecule has 1 saturated heterocycles. The highest BCUT2D eigenvalue weighted by atomic mass is 32.2. The van der Waals surface area contributed by atoms with Crippen LogP contribution in [0.3, 0.4) is 0 Å². The first-order valence-electron chi connectivity index (χ1n) is 11.0. The van der Waals surface area contributed by atoms with Crippen LogP contribution in [-0.2, 0) is 18.6 Å². The summed E-state index contributed by atoms with van der Waals surface area (Å²) in [4.78, 5) is 6.56. The van der Waals surface area contributed by atoms with Crippen LogP contribution in [0.1, 0.15) is 36.6 Å². The number of alkyl halides is 3. The van der Waals surface area contributed by atoms with Crippen molar-refractivity contribution in [1.82, 2.24) is 24.6 Å². The van der Waals surface area contributed by atoms with E-state index in [0.29, 0.717) is 11.6 Å². The van der Waals surface area contributed by atoms with Crippen molar-refractivity contribution in [2.45, 2.75) is 43.4 Å². The van der Waals surface area contributed by atoms with Crippen LogP contribution in [0, 0.1) is 12.3 Å². The number of nitrogens with zero attached hydrogens (tertiary/aromatic N) is 5. The van der Waals surface area contributed by atoms with Crippen molar-refractivity contribution in [3.8, 4) is 11.6 Å². The van der Waals surface area contributed by atoms with Gasteiger partial charge in [0.2, 0.25) is 5.82 Å². The highest BCUT2D eigenvalue weighted by Crippen LogP contribution is 2.68. The number of halogens is 3. The Morgan fingerprint density at radius 2 is 1.91 bits per heavy atom. The molecule has 0 N–H and O–H groups in total. The van der Waals surface area contributed by atoms with E-state index < -0.39 is 11.7 Å². The lowest BCUT2D eigenvalue weighted by Crippen LogP contribution is -2.28. The van der Waals surface area contributed by atoms with Gasteiger partial charge in [-0.3, -0.25) is 0 Å². The van der Waals surface area contributed by atoms with Crippen LogP contribution in [0.4, 0.5) is 13.2 Å². The molecular formula is C23H26F3N5OS. The Hall–Kier alpha value is -2.33. The van der Waals surface area contributed by atoms with Crippen LogP contribution in [0.5, 0.6) is 0 Å². The summed E-state index contributed by atoms with van der Waals surface area (Å²) >= 11 is 1.66. The van der Waals surface area contributed by atoms with Gasteiger partial charge in [-0.25, -0.2) is 4.98 Å². The Morgan fingerprint density at radius 3 is 2.58 bits per heavy atom. The first-order chi connectivity index (χ1) is 15.6. The smallest absolute Gasteiger partial charge is 0.416 e. The molecule has 0 radical (unpaired) electrons. The van der Waals surface area contributed by atoms with Crippen LogP contribution in [-0.4, -0.2) is 50.0 Å². The monoisotopic (exact) mass is 477 g/mol. The summed E-state index contributed by atoms with van der Waals surface area (Å²) in [5.41, 5.74) is 1.36. The second-order valence-electron chi connectivity index (χ2n) is 9.44. The number of likely N-dealkylation sites (tertiary alicyclic amines) is 1. The number of fused-ring (bicyclic) bond motifs is 1. The van der Waals surface area contributed by atoms with E-state index in [-0.39, 0.29) is 10.8 Å². The number of piperidine rings is 1. The number of thioether (sulfide) groups is 1. The fourth-order valence-electron chi connectivity index (χ4n) is 5.29. The van der Waals surface area contributed by atoms with Crippen LogP contribution in [0.2, 0.25) is 0 Å². The van der Waals surface area contributed by atoms with Gasteiger partial charge >= 0.3 is 6.18 Å². The molecule has 6 nitrogen and oxygen atoms in total. The van der Waals surface area contributed by atoms with Gasteiger partial charge in [0.1, 0.15) is 0 Å². The first kappa shape index (κ1) is 22.5. The minimum absolute atomic E-state index is 0.0162. The Bertz CT molecular complexity index is 1160. The Morgan fingerprint density at radius 1 is 1.15 bits per heavy atom. The maximum absolute atomic E-state index is 12.9. The molecule has 1 aliphatic heterocycles. The maximum Gasteiger partial charge on any atom is 0.416 e. The zero-order valence-electron chi connectivity index (χ0n) is 18.8. The Balaban J connectivity index is 1.15. The zero-order valence-corrected chi connectivity index (χ0v) is 19.6. The van der Waals surface area contributed by atoms with Gasteiger partial charge in [-0.05, 0) is 49.4 Å². The van der Waals surface area contributed by atoms with E-state index in [0.717, 1.165) is 54.6 Å². The SMILES string of the molecule is Cc1ncoc1-c1nnc(SCCCN2C[C@@]3(C)C[C@]3(c3ccc(C(F)(F)F)cc3)C2)n1C. The lowest BCUT2D eigenvalue weighted by molar-refractivity contribution is -0.137. The molecule has 1 aromatic carbocycles. The van der Waals surface area contributed by atoms with Crippen LogP contribution < -0.4 is 0 Å². The van der Waals surface area contributed by atoms with Crippen molar-refractivity contribution < 1.29 is 17.6 Å². The first-order valence-corrected chi connectivity index (χ1v) is 11.9. The molecule has 2 aliphatic rings. The Labute approximate surface area is 194 Å². The highest BCUT2D eigenvalue weighted by Gasteiger charge is 2.69. The van der Waals surface area contributed by atoms with Crippen molar-refractivity contribution in [2.75, 3.05) is 25.4 Å². The maximum atomic E-state index is 12.9. The summed E-state index contributed by atoms with van der Waals surface area (Å²) in [6.07, 6.45) is -0.850. The van der Waals surface area contributed by atoms with E-state index in [4.69, 9.17) is 4.42 Å². The van der Waals surface area contributed by atoms with E-state index in [1.165, 1.54) is 18.5 Å². The van der Waals surface area contributed by atoms with Gasteiger partial charge < -0.3 is 13.9 Å². The number of rotatable bonds is 7. The lowest BCUT2D eigenvalue weighted by Gasteiger charge is -2.21. The molecule has 2 atom stereocenters. The van der Waals surface area contributed by atoms with Gasteiger partial charge in [-0.1, -0.05) is 30.8 Å². The summed E-state index contributed by atoms with van der Waals surface area (Å²) < 4.78 is 46.1. The summed E-state index contributed by atoms with van der Waals surface area (Å²) in [6.45, 7) is 6.97. The van der Waals surface area contributed by atoms with E-state index in [1.54, 1.807) is 23.9 Å². The van der Waals surface area contributed by atoms with E-state index in [1.807, 2.05) is 18.5 Å². The number of oxazole rings is 1. The van der Waals surface area contributed by atoms with E-state index in [2.05, 4.69) is 27.0 Å². The van der Waals surface area contributed by atoms with Gasteiger partial charge in [0.05, 0.1) is 11.3 Å². The van der Waals surface area contributed by atoms with Gasteiger partial charge in [0.25, 0.3) is 0 Å². The fraction of sp³-hybridized carbons (Fsp3) is 0.522. The van der Waals surface area contributed by atoms with E-state index >= 15 is 0 Å². The molecule has 0 bridgehead atoms. The normalized spacial score (nSPS) is 24.9. The van der Waals surface area contributed by atoms with Crippen LogP contribution in [0.25, 0.3) is 11.6 Å². The number of aryl methyl sites for hydroxylation is 1. The predicted molar refractivity (Wildman–Crippen MR) is 119 cm³/mol. The summed E-state index contributed by atoms with van der Waals surface area (Å²) in [5, 5.41) is 9.36. The molecule has 3 aromatic rings. The quantitative estimate of drug-likeness (QED) is 0.355. The second-order valence-corrected chi connectivity index (χ2v) is 10.5. The molecule has 0 spiro atoms. The molecule has 10 heteroatoms. The fourth-order valence-corrected chi connectivity index (χ4v) is 6.13. The third kappa shape index (κ3) is 3.86. The number of hydrogen-bond donors (Lipinski definition) is 0. The van der Waals surface area contributed by atoms with E-state index in [9.17, 15) is 13.2 Å². The van der Waals surface area contributed by atoms with Crippen molar-refractivity contribution in [1.29, 1.82) is 0 Å². The lowest BCUT2D eigenvalue weighted by atomic mass is 9.89. The molecular weight excluding hydrogens is 451 g/mol. The summed E-state index contributed by atoms with van der Waals surface area (Å²) in [7, 11) is 1.92. The Kier molecular flexibility index (Phi) is 5.36. The number of aromatic nitrogens is 4. The standard InChI is InChI=1S/C23H26F3N5OS/c1-15-18(32-14-27-15)19-28-29-20(30(19)3)33-10-4-9-31-12-21(2)11-22(21,13-31)16-5-7-17(8-6-16)23(24,25)26/h5-8,14H,4,9-13H2,1-3H3/t21-,22-/m1/s1. The minimum atomic E-state index is -4.29. The average molecular weight is 478 g/mol. The van der Waals surface area contributed by atoms with Crippen molar-refractivity contribution in [2.24, 2.45) is 12.5 Å². The molecule has 1 aliphatic carbocycles. The average Bonchev–Trinajstić information content (AvgIpc) is 3.11. The topological polar surface area (TPSA) is 60.0 Å². The molecule has 0 amide bonds. The number of hydrogen-bond acceptors (Lipinski definition) is 6. The molecule has 176 valence electrons. The van der Waals surface area contributed by atoms with Crippen molar-refractivity contribution in [3.05, 3.63) is 47.5 Å². The molecule has 1 saturated carbocycles. The molecule has 33 heavy (non-hydrogen) atoms. The van der Waals surface area contributed by atoms with Crippen LogP contribution in [0.15, 0.2) is 40.2 Å². The zero-order chi connectivity index (χ0) is 23.4. The third-order valence-corrected chi connectivity index (χ3v) is 8.29.